The highest BCUT2D eigenvalue weighted by atomic mass is 16.1. The number of hydrogen-bond acceptors (Lipinski definition) is 3. The smallest absolute Gasteiger partial charge is 0.215 e. The van der Waals surface area contributed by atoms with Crippen molar-refractivity contribution >= 4 is 18.5 Å². The first kappa shape index (κ1) is 8.39. The zero-order valence-corrected chi connectivity index (χ0v) is 6.60. The summed E-state index contributed by atoms with van der Waals surface area (Å²) < 4.78 is 0. The van der Waals surface area contributed by atoms with Crippen LogP contribution in [0.15, 0.2) is 18.3 Å². The molecule has 0 spiro atoms. The van der Waals surface area contributed by atoms with Gasteiger partial charge in [0.1, 0.15) is 5.82 Å². The van der Waals surface area contributed by atoms with Crippen molar-refractivity contribution in [2.75, 3.05) is 11.9 Å². The van der Waals surface area contributed by atoms with E-state index in [0.29, 0.717) is 24.1 Å². The van der Waals surface area contributed by atoms with Crippen molar-refractivity contribution in [1.29, 1.82) is 0 Å². The van der Waals surface area contributed by atoms with Crippen LogP contribution in [0.5, 0.6) is 0 Å². The Bertz CT molecular complexity index is 299. The molecule has 1 heterocycles. The molecular formula is C8H8N2O2. The molecule has 1 aromatic heterocycles. The molecule has 4 nitrogen and oxygen atoms in total. The van der Waals surface area contributed by atoms with Gasteiger partial charge in [-0.2, -0.15) is 0 Å². The highest BCUT2D eigenvalue weighted by Gasteiger charge is 2.05. The molecule has 0 fully saturated rings. The Kier molecular flexibility index (Phi) is 2.53. The Hall–Kier alpha value is -1.71. The van der Waals surface area contributed by atoms with E-state index in [1.807, 2.05) is 0 Å². The van der Waals surface area contributed by atoms with Crippen LogP contribution in [-0.2, 0) is 4.79 Å². The molecule has 4 heteroatoms. The van der Waals surface area contributed by atoms with E-state index in [-0.39, 0.29) is 0 Å². The van der Waals surface area contributed by atoms with Gasteiger partial charge in [-0.1, -0.05) is 0 Å². The summed E-state index contributed by atoms with van der Waals surface area (Å²) in [6, 6.07) is 3.25. The van der Waals surface area contributed by atoms with Crippen molar-refractivity contribution in [3.05, 3.63) is 23.9 Å². The van der Waals surface area contributed by atoms with E-state index in [0.717, 1.165) is 0 Å². The van der Waals surface area contributed by atoms with Crippen LogP contribution >= 0.6 is 0 Å². The Morgan fingerprint density at radius 3 is 2.83 bits per heavy atom. The van der Waals surface area contributed by atoms with Crippen molar-refractivity contribution in [3.63, 3.8) is 0 Å². The lowest BCUT2D eigenvalue weighted by molar-refractivity contribution is -0.107. The Labute approximate surface area is 69.8 Å². The average Bonchev–Trinajstić information content (AvgIpc) is 2.16. The normalized spacial score (nSPS) is 9.08. The first-order chi connectivity index (χ1) is 5.79. The number of hydrogen-bond donors (Lipinski definition) is 0. The Balaban J connectivity index is 3.12. The molecule has 1 amide bonds. The fourth-order valence-electron chi connectivity index (χ4n) is 0.846. The van der Waals surface area contributed by atoms with E-state index in [1.54, 1.807) is 19.2 Å². The first-order valence-electron chi connectivity index (χ1n) is 3.38. The van der Waals surface area contributed by atoms with Gasteiger partial charge in [0.25, 0.3) is 0 Å². The Morgan fingerprint density at radius 2 is 2.25 bits per heavy atom. The monoisotopic (exact) mass is 164 g/mol. The molecule has 0 aromatic carbocycles. The minimum absolute atomic E-state index is 0.377. The average molecular weight is 164 g/mol. The number of carbonyl (C=O) groups is 2. The molecule has 0 saturated heterocycles. The van der Waals surface area contributed by atoms with Gasteiger partial charge in [0, 0.05) is 13.2 Å². The second-order valence-corrected chi connectivity index (χ2v) is 2.25. The molecule has 0 atom stereocenters. The maximum absolute atomic E-state index is 10.5. The molecule has 1 rings (SSSR count). The van der Waals surface area contributed by atoms with Gasteiger partial charge in [0.15, 0.2) is 6.29 Å². The van der Waals surface area contributed by atoms with E-state index in [2.05, 4.69) is 4.98 Å². The molecule has 62 valence electrons. The van der Waals surface area contributed by atoms with Crippen LogP contribution in [0.4, 0.5) is 5.82 Å². The van der Waals surface area contributed by atoms with Gasteiger partial charge < -0.3 is 4.90 Å². The number of amides is 1. The summed E-state index contributed by atoms with van der Waals surface area (Å²) in [7, 11) is 1.54. The quantitative estimate of drug-likeness (QED) is 0.611. The molecule has 0 unspecified atom stereocenters. The van der Waals surface area contributed by atoms with Crippen molar-refractivity contribution in [2.24, 2.45) is 0 Å². The van der Waals surface area contributed by atoms with Crippen LogP contribution in [0.25, 0.3) is 0 Å². The number of nitrogens with zero attached hydrogens (tertiary/aromatic N) is 2. The standard InChI is InChI=1S/C8H8N2O2/c1-10(6-12)8-7(5-11)3-2-4-9-8/h2-6H,1H3. The lowest BCUT2D eigenvalue weighted by atomic mass is 10.3. The zero-order valence-electron chi connectivity index (χ0n) is 6.60. The molecular weight excluding hydrogens is 156 g/mol. The third-order valence-electron chi connectivity index (χ3n) is 1.44. The summed E-state index contributed by atoms with van der Waals surface area (Å²) in [6.07, 6.45) is 2.81. The molecule has 0 aliphatic carbocycles. The number of carbonyl (C=O) groups excluding carboxylic acids is 2. The molecule has 0 aliphatic rings. The maximum atomic E-state index is 10.5. The van der Waals surface area contributed by atoms with Gasteiger partial charge in [-0.05, 0) is 12.1 Å². The van der Waals surface area contributed by atoms with Crippen LogP contribution in [-0.4, -0.2) is 24.7 Å². The van der Waals surface area contributed by atoms with Gasteiger partial charge in [-0.3, -0.25) is 9.59 Å². The van der Waals surface area contributed by atoms with Gasteiger partial charge in [0.2, 0.25) is 6.41 Å². The van der Waals surface area contributed by atoms with Crippen LogP contribution in [0.3, 0.4) is 0 Å². The number of rotatable bonds is 3. The van der Waals surface area contributed by atoms with Gasteiger partial charge >= 0.3 is 0 Å². The zero-order chi connectivity index (χ0) is 8.97. The summed E-state index contributed by atoms with van der Waals surface area (Å²) in [5.41, 5.74) is 0.409. The molecule has 12 heavy (non-hydrogen) atoms. The fourth-order valence-corrected chi connectivity index (χ4v) is 0.846. The van der Waals surface area contributed by atoms with Crippen molar-refractivity contribution in [1.82, 2.24) is 4.98 Å². The summed E-state index contributed by atoms with van der Waals surface area (Å²) in [6.45, 7) is 0. The molecule has 0 N–H and O–H groups in total. The van der Waals surface area contributed by atoms with Crippen LogP contribution < -0.4 is 4.90 Å². The topological polar surface area (TPSA) is 50.3 Å². The third-order valence-corrected chi connectivity index (χ3v) is 1.44. The summed E-state index contributed by atoms with van der Waals surface area (Å²) in [4.78, 5) is 25.9. The van der Waals surface area contributed by atoms with E-state index in [9.17, 15) is 9.59 Å². The van der Waals surface area contributed by atoms with E-state index in [1.165, 1.54) is 11.1 Å². The highest BCUT2D eigenvalue weighted by molar-refractivity contribution is 5.87. The first-order valence-corrected chi connectivity index (χ1v) is 3.38. The van der Waals surface area contributed by atoms with Crippen molar-refractivity contribution < 1.29 is 9.59 Å². The summed E-state index contributed by atoms with van der Waals surface area (Å²) in [5, 5.41) is 0. The van der Waals surface area contributed by atoms with Crippen LogP contribution in [0.2, 0.25) is 0 Å². The second-order valence-electron chi connectivity index (χ2n) is 2.25. The molecule has 1 aromatic rings. The lowest BCUT2D eigenvalue weighted by Gasteiger charge is -2.10. The van der Waals surface area contributed by atoms with Gasteiger partial charge in [0.05, 0.1) is 5.56 Å². The minimum Gasteiger partial charge on any atom is -0.302 e. The summed E-state index contributed by atoms with van der Waals surface area (Å²) >= 11 is 0. The Morgan fingerprint density at radius 1 is 1.50 bits per heavy atom. The van der Waals surface area contributed by atoms with Crippen LogP contribution in [0.1, 0.15) is 10.4 Å². The maximum Gasteiger partial charge on any atom is 0.215 e. The highest BCUT2D eigenvalue weighted by Crippen LogP contribution is 2.11. The third kappa shape index (κ3) is 1.47. The SMILES string of the molecule is CN(C=O)c1ncccc1C=O. The molecule has 0 radical (unpaired) electrons. The fraction of sp³-hybridized carbons (Fsp3) is 0.125. The predicted molar refractivity (Wildman–Crippen MR) is 44.1 cm³/mol. The molecule has 0 saturated carbocycles. The largest absolute Gasteiger partial charge is 0.302 e. The van der Waals surface area contributed by atoms with Gasteiger partial charge in [-0.15, -0.1) is 0 Å². The van der Waals surface area contributed by atoms with Gasteiger partial charge in [-0.25, -0.2) is 4.98 Å². The van der Waals surface area contributed by atoms with Crippen molar-refractivity contribution in [2.45, 2.75) is 0 Å². The number of pyridine rings is 1. The van der Waals surface area contributed by atoms with Crippen molar-refractivity contribution in [3.8, 4) is 0 Å². The number of aromatic nitrogens is 1. The molecule has 0 aliphatic heterocycles. The number of aldehydes is 1. The second kappa shape index (κ2) is 3.61. The molecule has 0 bridgehead atoms. The number of anilines is 1. The minimum atomic E-state index is 0.377. The van der Waals surface area contributed by atoms with E-state index in [4.69, 9.17) is 0 Å². The van der Waals surface area contributed by atoms with Crippen LogP contribution in [0, 0.1) is 0 Å². The van der Waals surface area contributed by atoms with E-state index >= 15 is 0 Å². The predicted octanol–water partition coefficient (Wildman–Crippen LogP) is 0.487. The van der Waals surface area contributed by atoms with E-state index < -0.39 is 0 Å². The lowest BCUT2D eigenvalue weighted by Crippen LogP contribution is -2.16. The summed E-state index contributed by atoms with van der Waals surface area (Å²) in [5.74, 6) is 0.377.